The van der Waals surface area contributed by atoms with Crippen molar-refractivity contribution in [1.82, 2.24) is 5.48 Å². The minimum absolute atomic E-state index is 0.146. The Kier molecular flexibility index (Phi) is 4.70. The van der Waals surface area contributed by atoms with E-state index in [2.05, 4.69) is 19.3 Å². The van der Waals surface area contributed by atoms with Crippen molar-refractivity contribution in [3.8, 4) is 0 Å². The maximum Gasteiger partial charge on any atom is 0.0716 e. The number of rotatable bonds is 4. The van der Waals surface area contributed by atoms with Gasteiger partial charge in [-0.15, -0.1) is 0 Å². The van der Waals surface area contributed by atoms with Gasteiger partial charge >= 0.3 is 0 Å². The number of hydrogen-bond donors (Lipinski definition) is 2. The van der Waals surface area contributed by atoms with Crippen LogP contribution in [0.5, 0.6) is 0 Å². The highest BCUT2D eigenvalue weighted by Crippen LogP contribution is 2.18. The van der Waals surface area contributed by atoms with Crippen LogP contribution in [-0.4, -0.2) is 23.9 Å². The topological polar surface area (TPSA) is 41.5 Å². The summed E-state index contributed by atoms with van der Waals surface area (Å²) in [5.74, 6) is 0.535. The lowest BCUT2D eigenvalue weighted by atomic mass is 9.93. The van der Waals surface area contributed by atoms with Crippen LogP contribution in [0.15, 0.2) is 0 Å². The predicted octanol–water partition coefficient (Wildman–Crippen LogP) is 1.47. The normalized spacial score (nSPS) is 29.5. The number of aliphatic hydroxyl groups excluding tert-OH is 1. The van der Waals surface area contributed by atoms with Gasteiger partial charge in [-0.3, -0.25) is 0 Å². The third-order valence-corrected chi connectivity index (χ3v) is 2.38. The molecule has 3 heteroatoms. The Labute approximate surface area is 80.4 Å². The van der Waals surface area contributed by atoms with Crippen LogP contribution in [0.3, 0.4) is 0 Å². The molecule has 3 nitrogen and oxygen atoms in total. The third-order valence-electron chi connectivity index (χ3n) is 2.38. The molecule has 0 heterocycles. The highest BCUT2D eigenvalue weighted by atomic mass is 16.6. The third kappa shape index (κ3) is 4.07. The number of nitrogens with one attached hydrogen (secondary N) is 1. The van der Waals surface area contributed by atoms with Crippen molar-refractivity contribution in [2.45, 2.75) is 51.7 Å². The van der Waals surface area contributed by atoms with Crippen LogP contribution >= 0.6 is 0 Å². The van der Waals surface area contributed by atoms with Gasteiger partial charge in [0.05, 0.1) is 18.8 Å². The fourth-order valence-corrected chi connectivity index (χ4v) is 1.57. The predicted molar refractivity (Wildman–Crippen MR) is 52.2 cm³/mol. The molecule has 0 aromatic heterocycles. The van der Waals surface area contributed by atoms with Gasteiger partial charge in [0, 0.05) is 0 Å². The van der Waals surface area contributed by atoms with Gasteiger partial charge in [0.2, 0.25) is 0 Å². The Balaban J connectivity index is 2.11. The molecule has 0 bridgehead atoms. The Morgan fingerprint density at radius 3 is 2.69 bits per heavy atom. The van der Waals surface area contributed by atoms with Gasteiger partial charge in [-0.05, 0) is 18.8 Å². The molecule has 0 unspecified atom stereocenters. The van der Waals surface area contributed by atoms with Crippen molar-refractivity contribution in [1.29, 1.82) is 0 Å². The minimum atomic E-state index is -0.221. The molecule has 0 saturated heterocycles. The lowest BCUT2D eigenvalue weighted by Crippen LogP contribution is -2.42. The first kappa shape index (κ1) is 11.0. The fraction of sp³-hybridized carbons (Fsp3) is 1.00. The van der Waals surface area contributed by atoms with E-state index in [0.717, 1.165) is 19.3 Å². The zero-order chi connectivity index (χ0) is 9.68. The van der Waals surface area contributed by atoms with Crippen LogP contribution in [-0.2, 0) is 4.84 Å². The summed E-state index contributed by atoms with van der Waals surface area (Å²) >= 11 is 0. The lowest BCUT2D eigenvalue weighted by Gasteiger charge is -2.28. The first-order valence-corrected chi connectivity index (χ1v) is 5.25. The lowest BCUT2D eigenvalue weighted by molar-refractivity contribution is -0.0449. The van der Waals surface area contributed by atoms with E-state index < -0.39 is 0 Å². The Morgan fingerprint density at radius 2 is 2.08 bits per heavy atom. The molecule has 1 saturated carbocycles. The molecule has 1 rings (SSSR count). The summed E-state index contributed by atoms with van der Waals surface area (Å²) in [5, 5.41) is 9.59. The molecule has 0 radical (unpaired) electrons. The molecule has 0 amide bonds. The largest absolute Gasteiger partial charge is 0.391 e. The second-order valence-electron chi connectivity index (χ2n) is 4.28. The molecule has 0 aromatic rings. The number of aliphatic hydroxyl groups is 1. The molecule has 0 aromatic carbocycles. The molecule has 13 heavy (non-hydrogen) atoms. The van der Waals surface area contributed by atoms with Crippen LogP contribution in [0.1, 0.15) is 39.5 Å². The van der Waals surface area contributed by atoms with Gasteiger partial charge in [-0.1, -0.05) is 26.7 Å². The van der Waals surface area contributed by atoms with Crippen molar-refractivity contribution in [2.75, 3.05) is 6.61 Å². The van der Waals surface area contributed by atoms with Crippen molar-refractivity contribution in [2.24, 2.45) is 5.92 Å². The Bertz CT molecular complexity index is 139. The maximum absolute atomic E-state index is 9.59. The summed E-state index contributed by atoms with van der Waals surface area (Å²) in [6.07, 6.45) is 4.05. The Hall–Kier alpha value is -0.120. The van der Waals surface area contributed by atoms with E-state index in [0.29, 0.717) is 12.5 Å². The van der Waals surface area contributed by atoms with E-state index >= 15 is 0 Å². The molecule has 0 aliphatic heterocycles. The second kappa shape index (κ2) is 5.58. The van der Waals surface area contributed by atoms with Crippen molar-refractivity contribution in [3.05, 3.63) is 0 Å². The maximum atomic E-state index is 9.59. The minimum Gasteiger partial charge on any atom is -0.391 e. The molecule has 78 valence electrons. The summed E-state index contributed by atoms with van der Waals surface area (Å²) in [5.41, 5.74) is 2.95. The second-order valence-corrected chi connectivity index (χ2v) is 4.28. The van der Waals surface area contributed by atoms with E-state index in [1.165, 1.54) is 6.42 Å². The first-order chi connectivity index (χ1) is 6.20. The molecule has 2 N–H and O–H groups in total. The smallest absolute Gasteiger partial charge is 0.0716 e. The van der Waals surface area contributed by atoms with Gasteiger partial charge in [-0.25, -0.2) is 0 Å². The molecule has 1 aliphatic rings. The van der Waals surface area contributed by atoms with E-state index in [4.69, 9.17) is 4.84 Å². The molecule has 2 atom stereocenters. The molecule has 1 fully saturated rings. The monoisotopic (exact) mass is 187 g/mol. The quantitative estimate of drug-likeness (QED) is 0.655. The average Bonchev–Trinajstić information content (AvgIpc) is 2.08. The van der Waals surface area contributed by atoms with Gasteiger partial charge in [0.1, 0.15) is 0 Å². The average molecular weight is 187 g/mol. The molecular formula is C10H21NO2. The molecule has 1 aliphatic carbocycles. The van der Waals surface area contributed by atoms with E-state index in [-0.39, 0.29) is 12.1 Å². The van der Waals surface area contributed by atoms with Crippen molar-refractivity contribution >= 4 is 0 Å². The standard InChI is InChI=1S/C10H21NO2/c1-8(2)7-13-11-9-5-3-4-6-10(9)12/h8-12H,3-7H2,1-2H3/t9-,10-/m1/s1. The highest BCUT2D eigenvalue weighted by Gasteiger charge is 2.22. The van der Waals surface area contributed by atoms with Crippen LogP contribution in [0, 0.1) is 5.92 Å². The summed E-state index contributed by atoms with van der Waals surface area (Å²) in [7, 11) is 0. The van der Waals surface area contributed by atoms with Crippen LogP contribution < -0.4 is 5.48 Å². The van der Waals surface area contributed by atoms with Crippen molar-refractivity contribution < 1.29 is 9.94 Å². The SMILES string of the molecule is CC(C)CON[C@@H]1CCCC[C@H]1O. The zero-order valence-electron chi connectivity index (χ0n) is 8.62. The first-order valence-electron chi connectivity index (χ1n) is 5.25. The summed E-state index contributed by atoms with van der Waals surface area (Å²) < 4.78 is 0. The summed E-state index contributed by atoms with van der Waals surface area (Å²) in [6, 6.07) is 0.146. The van der Waals surface area contributed by atoms with Gasteiger partial charge in [0.15, 0.2) is 0 Å². The van der Waals surface area contributed by atoms with Gasteiger partial charge in [0.25, 0.3) is 0 Å². The number of hydrogen-bond acceptors (Lipinski definition) is 3. The zero-order valence-corrected chi connectivity index (χ0v) is 8.62. The summed E-state index contributed by atoms with van der Waals surface area (Å²) in [6.45, 7) is 4.93. The highest BCUT2D eigenvalue weighted by molar-refractivity contribution is 4.77. The van der Waals surface area contributed by atoms with Crippen LogP contribution in [0.2, 0.25) is 0 Å². The number of hydroxylamine groups is 1. The molecular weight excluding hydrogens is 166 g/mol. The van der Waals surface area contributed by atoms with Crippen molar-refractivity contribution in [3.63, 3.8) is 0 Å². The summed E-state index contributed by atoms with van der Waals surface area (Å²) in [4.78, 5) is 5.29. The van der Waals surface area contributed by atoms with E-state index in [1.54, 1.807) is 0 Å². The van der Waals surface area contributed by atoms with Crippen LogP contribution in [0.25, 0.3) is 0 Å². The van der Waals surface area contributed by atoms with Gasteiger partial charge < -0.3 is 9.94 Å². The molecule has 0 spiro atoms. The fourth-order valence-electron chi connectivity index (χ4n) is 1.57. The van der Waals surface area contributed by atoms with E-state index in [9.17, 15) is 5.11 Å². The van der Waals surface area contributed by atoms with E-state index in [1.807, 2.05) is 0 Å². The van der Waals surface area contributed by atoms with Gasteiger partial charge in [-0.2, -0.15) is 5.48 Å². The van der Waals surface area contributed by atoms with Crippen LogP contribution in [0.4, 0.5) is 0 Å². The Morgan fingerprint density at radius 1 is 1.38 bits per heavy atom.